The Morgan fingerprint density at radius 2 is 1.43 bits per heavy atom. The van der Waals surface area contributed by atoms with Gasteiger partial charge in [-0.3, -0.25) is 0 Å². The molecule has 8 rings (SSSR count). The molecule has 2 aliphatic rings. The molecule has 0 atom stereocenters. The number of fused-ring (bicyclic) bond motifs is 7. The molecule has 0 unspecified atom stereocenters. The van der Waals surface area contributed by atoms with Crippen LogP contribution in [0.1, 0.15) is 0 Å². The molecule has 0 bridgehead atoms. The molecule has 0 saturated carbocycles. The second kappa shape index (κ2) is 7.58. The molecule has 178 valence electrons. The Labute approximate surface area is 217 Å². The molecule has 2 aliphatic heterocycles. The zero-order chi connectivity index (χ0) is 24.7. The van der Waals surface area contributed by atoms with Crippen molar-refractivity contribution >= 4 is 70.0 Å². The molecule has 6 aromatic rings. The quantitative estimate of drug-likeness (QED) is 0.153. The predicted octanol–water partition coefficient (Wildman–Crippen LogP) is 7.22. The molecule has 3 nitrogen and oxygen atoms in total. The number of benzene rings is 5. The molecule has 0 saturated heterocycles. The third kappa shape index (κ3) is 2.91. The third-order valence-electron chi connectivity index (χ3n) is 7.33. The van der Waals surface area contributed by atoms with Gasteiger partial charge in [0.1, 0.15) is 0 Å². The Morgan fingerprint density at radius 3 is 2.32 bits per heavy atom. The second-order valence-electron chi connectivity index (χ2n) is 9.30. The fourth-order valence-electron chi connectivity index (χ4n) is 5.94. The number of rotatable bonds is 2. The first-order chi connectivity index (χ1) is 18.1. The molecule has 7 heteroatoms. The molecule has 0 fully saturated rings. The van der Waals surface area contributed by atoms with E-state index in [2.05, 4.69) is 25.9 Å². The maximum atomic E-state index is 16.0. The van der Waals surface area contributed by atoms with Crippen LogP contribution >= 0.6 is 19.4 Å². The monoisotopic (exact) mass is 598 g/mol. The number of hydrogen-bond acceptors (Lipinski definition) is 2. The van der Waals surface area contributed by atoms with Gasteiger partial charge in [0.25, 0.3) is 0 Å². The van der Waals surface area contributed by atoms with Crippen LogP contribution in [0.4, 0.5) is 11.4 Å². The summed E-state index contributed by atoms with van der Waals surface area (Å²) in [5, 5.41) is 1.44. The normalized spacial score (nSPS) is 13.7. The van der Waals surface area contributed by atoms with Crippen LogP contribution in [0.15, 0.2) is 112 Å². The van der Waals surface area contributed by atoms with Crippen molar-refractivity contribution in [1.29, 1.82) is 0 Å². The molecule has 5 aromatic carbocycles. The fraction of sp³-hybridized carbons (Fsp3) is 0. The molecule has 1 aromatic heterocycles. The first-order valence-electron chi connectivity index (χ1n) is 12.0. The van der Waals surface area contributed by atoms with Gasteiger partial charge in [0.15, 0.2) is 0 Å². The average molecular weight is 598 g/mol. The minimum absolute atomic E-state index is 0.0319. The van der Waals surface area contributed by atoms with Crippen LogP contribution in [-0.4, -0.2) is 11.3 Å². The van der Waals surface area contributed by atoms with E-state index in [1.54, 1.807) is 36.4 Å². The van der Waals surface area contributed by atoms with Gasteiger partial charge in [0.05, 0.1) is 0 Å². The van der Waals surface area contributed by atoms with Crippen molar-refractivity contribution in [2.45, 2.75) is 0 Å². The van der Waals surface area contributed by atoms with E-state index in [-0.39, 0.29) is 10.3 Å². The number of nitrogens with zero attached hydrogens (tertiary/aromatic N) is 2. The van der Waals surface area contributed by atoms with E-state index in [9.17, 15) is 0 Å². The van der Waals surface area contributed by atoms with Crippen LogP contribution in [-0.2, 0) is 0 Å². The van der Waals surface area contributed by atoms with Gasteiger partial charge in [-0.2, -0.15) is 0 Å². The summed E-state index contributed by atoms with van der Waals surface area (Å²) in [5.74, 6) is 1.64. The van der Waals surface area contributed by atoms with Crippen molar-refractivity contribution in [1.82, 2.24) is 4.57 Å². The summed E-state index contributed by atoms with van der Waals surface area (Å²) in [6, 6.07) is 34.1. The van der Waals surface area contributed by atoms with E-state index >= 15 is 5.72 Å². The average Bonchev–Trinajstić information content (AvgIpc) is 3.27. The van der Waals surface area contributed by atoms with Crippen molar-refractivity contribution in [2.75, 3.05) is 0 Å². The summed E-state index contributed by atoms with van der Waals surface area (Å²) in [6.07, 6.45) is 0. The van der Waals surface area contributed by atoms with Gasteiger partial charge in [-0.25, -0.2) is 0 Å². The van der Waals surface area contributed by atoms with Gasteiger partial charge >= 0.3 is 218 Å². The summed E-state index contributed by atoms with van der Waals surface area (Å²) in [6.45, 7) is -0.0319. The van der Waals surface area contributed by atoms with Crippen LogP contribution < -0.4 is 21.1 Å². The Hall–Kier alpha value is -3.85. The predicted molar refractivity (Wildman–Crippen MR) is 155 cm³/mol. The summed E-state index contributed by atoms with van der Waals surface area (Å²) >= 11 is -5.71. The van der Waals surface area contributed by atoms with Crippen molar-refractivity contribution in [3.8, 4) is 17.2 Å². The summed E-state index contributed by atoms with van der Waals surface area (Å²) < 4.78 is 44.6. The van der Waals surface area contributed by atoms with Gasteiger partial charge in [-0.15, -0.1) is 0 Å². The van der Waals surface area contributed by atoms with Crippen molar-refractivity contribution < 1.29 is 10.5 Å². The minimum atomic E-state index is -5.71. The van der Waals surface area contributed by atoms with Crippen LogP contribution in [0.5, 0.6) is 11.5 Å². The molecule has 3 heterocycles. The zero-order valence-corrected chi connectivity index (χ0v) is 21.6. The number of para-hydroxylation sites is 2. The number of halogens is 3. The van der Waals surface area contributed by atoms with Gasteiger partial charge in [0.2, 0.25) is 0 Å². The summed E-state index contributed by atoms with van der Waals surface area (Å²) in [4.78, 5) is 0. The first-order valence-corrected chi connectivity index (χ1v) is 15.7. The van der Waals surface area contributed by atoms with E-state index in [1.807, 2.05) is 54.6 Å². The molecule has 0 amide bonds. The maximum absolute atomic E-state index is 16.0. The summed E-state index contributed by atoms with van der Waals surface area (Å²) in [5.41, 5.74) is 6.32. The SMILES string of the molecule is FI(F)(=Nc1ccccc1)c1cccc2c1c1cccc3c1n2-c1cccc2c1B3c1ccccc1O2. The van der Waals surface area contributed by atoms with E-state index in [4.69, 9.17) is 4.74 Å². The van der Waals surface area contributed by atoms with Gasteiger partial charge in [0, 0.05) is 0 Å². The zero-order valence-electron chi connectivity index (χ0n) is 19.4. The Balaban J connectivity index is 1.51. The molecule has 0 aliphatic carbocycles. The Morgan fingerprint density at radius 1 is 0.703 bits per heavy atom. The second-order valence-corrected chi connectivity index (χ2v) is 13.3. The molecular formula is C30H18BF2IN2O. The third-order valence-corrected chi connectivity index (χ3v) is 10.8. The number of ether oxygens (including phenoxy) is 1. The van der Waals surface area contributed by atoms with E-state index in [0.29, 0.717) is 11.1 Å². The molecule has 0 N–H and O–H groups in total. The van der Waals surface area contributed by atoms with Crippen molar-refractivity contribution in [3.63, 3.8) is 0 Å². The number of aromatic nitrogens is 1. The van der Waals surface area contributed by atoms with E-state index < -0.39 is 19.4 Å². The summed E-state index contributed by atoms with van der Waals surface area (Å²) in [7, 11) is 0. The molecule has 37 heavy (non-hydrogen) atoms. The van der Waals surface area contributed by atoms with Crippen LogP contribution in [0.2, 0.25) is 0 Å². The van der Waals surface area contributed by atoms with Crippen molar-refractivity contribution in [2.24, 2.45) is 3.15 Å². The Kier molecular flexibility index (Phi) is 4.36. The topological polar surface area (TPSA) is 26.5 Å². The molecule has 0 radical (unpaired) electrons. The van der Waals surface area contributed by atoms with E-state index in [1.165, 1.54) is 0 Å². The standard InChI is InChI=1S/C30H18BF2IN2O/c32-34(33,35-19-9-2-1-3-10-19)23-14-7-15-24-28(23)20-11-6-13-22-30(20)36(24)25-16-8-18-27-29(25)31(22)21-12-4-5-17-26(21)37-27/h1-18H. The van der Waals surface area contributed by atoms with Gasteiger partial charge in [-0.05, 0) is 0 Å². The van der Waals surface area contributed by atoms with Crippen molar-refractivity contribution in [3.05, 3.63) is 113 Å². The van der Waals surface area contributed by atoms with Crippen LogP contribution in [0, 0.1) is 3.57 Å². The number of hydrogen-bond donors (Lipinski definition) is 0. The van der Waals surface area contributed by atoms with E-state index in [0.717, 1.165) is 50.0 Å². The molecule has 0 spiro atoms. The van der Waals surface area contributed by atoms with Gasteiger partial charge in [-0.1, -0.05) is 0 Å². The first kappa shape index (κ1) is 21.3. The fourth-order valence-corrected chi connectivity index (χ4v) is 9.08. The van der Waals surface area contributed by atoms with Crippen LogP contribution in [0.25, 0.3) is 27.5 Å². The molecular weight excluding hydrogens is 580 g/mol. The Bertz CT molecular complexity index is 1960. The van der Waals surface area contributed by atoms with Gasteiger partial charge < -0.3 is 0 Å². The van der Waals surface area contributed by atoms with Crippen LogP contribution in [0.3, 0.4) is 0 Å².